The summed E-state index contributed by atoms with van der Waals surface area (Å²) in [6.45, 7) is 6.15. The molecule has 140 valence electrons. The van der Waals surface area contributed by atoms with Crippen molar-refractivity contribution in [2.45, 2.75) is 33.8 Å². The first-order chi connectivity index (χ1) is 12.9. The van der Waals surface area contributed by atoms with Gasteiger partial charge in [0.25, 0.3) is 0 Å². The molecule has 3 rings (SSSR count). The van der Waals surface area contributed by atoms with Crippen LogP contribution in [0.1, 0.15) is 27.7 Å². The number of hydrogen-bond acceptors (Lipinski definition) is 5. The van der Waals surface area contributed by atoms with Gasteiger partial charge in [0.2, 0.25) is 5.91 Å². The molecular formula is C20H20ClN3O2S. The van der Waals surface area contributed by atoms with Gasteiger partial charge in [-0.25, -0.2) is 4.98 Å². The SMILES string of the molecule is Cc1cc(C)c(NC(=O)Cc2csc(COc3ccc(Cl)cc3)n2)c(C)n1. The van der Waals surface area contributed by atoms with Crippen LogP contribution in [0, 0.1) is 20.8 Å². The molecule has 2 aromatic heterocycles. The molecule has 0 unspecified atom stereocenters. The molecule has 0 atom stereocenters. The number of halogens is 1. The number of carbonyl (C=O) groups excluding carboxylic acids is 1. The molecule has 0 radical (unpaired) electrons. The van der Waals surface area contributed by atoms with Gasteiger partial charge < -0.3 is 10.1 Å². The van der Waals surface area contributed by atoms with Crippen LogP contribution < -0.4 is 10.1 Å². The lowest BCUT2D eigenvalue weighted by molar-refractivity contribution is -0.115. The molecule has 2 heterocycles. The van der Waals surface area contributed by atoms with Gasteiger partial charge in [0.1, 0.15) is 17.4 Å². The Hall–Kier alpha value is -2.44. The van der Waals surface area contributed by atoms with E-state index in [0.717, 1.165) is 39.1 Å². The third kappa shape index (κ3) is 5.28. The number of nitrogens with one attached hydrogen (secondary N) is 1. The smallest absolute Gasteiger partial charge is 0.230 e. The number of hydrogen-bond donors (Lipinski definition) is 1. The van der Waals surface area contributed by atoms with Crippen molar-refractivity contribution in [3.63, 3.8) is 0 Å². The molecular weight excluding hydrogens is 382 g/mol. The molecule has 1 aromatic carbocycles. The van der Waals surface area contributed by atoms with Crippen molar-refractivity contribution in [2.75, 3.05) is 5.32 Å². The summed E-state index contributed by atoms with van der Waals surface area (Å²) >= 11 is 7.33. The van der Waals surface area contributed by atoms with Crippen molar-refractivity contribution < 1.29 is 9.53 Å². The van der Waals surface area contributed by atoms with E-state index in [0.29, 0.717) is 11.6 Å². The number of ether oxygens (including phenoxy) is 1. The fourth-order valence-corrected chi connectivity index (χ4v) is 3.56. The van der Waals surface area contributed by atoms with Gasteiger partial charge in [-0.3, -0.25) is 9.78 Å². The van der Waals surface area contributed by atoms with Crippen LogP contribution in [-0.4, -0.2) is 15.9 Å². The lowest BCUT2D eigenvalue weighted by Crippen LogP contribution is -2.17. The largest absolute Gasteiger partial charge is 0.486 e. The average molecular weight is 402 g/mol. The van der Waals surface area contributed by atoms with Crippen LogP contribution in [-0.2, 0) is 17.8 Å². The third-order valence-electron chi connectivity index (χ3n) is 3.91. The van der Waals surface area contributed by atoms with Crippen molar-refractivity contribution in [1.29, 1.82) is 0 Å². The second-order valence-electron chi connectivity index (χ2n) is 6.24. The average Bonchev–Trinajstić information content (AvgIpc) is 3.05. The van der Waals surface area contributed by atoms with Gasteiger partial charge in [0.05, 0.1) is 23.5 Å². The number of pyridine rings is 1. The zero-order valence-electron chi connectivity index (χ0n) is 15.4. The minimum atomic E-state index is -0.109. The third-order valence-corrected chi connectivity index (χ3v) is 5.03. The van der Waals surface area contributed by atoms with Crippen LogP contribution in [0.25, 0.3) is 0 Å². The molecule has 0 aliphatic carbocycles. The summed E-state index contributed by atoms with van der Waals surface area (Å²) in [5, 5.41) is 6.31. The summed E-state index contributed by atoms with van der Waals surface area (Å²) in [7, 11) is 0. The van der Waals surface area contributed by atoms with Crippen LogP contribution in [0.5, 0.6) is 5.75 Å². The van der Waals surface area contributed by atoms with Gasteiger partial charge in [-0.1, -0.05) is 11.6 Å². The van der Waals surface area contributed by atoms with E-state index in [2.05, 4.69) is 15.3 Å². The van der Waals surface area contributed by atoms with E-state index < -0.39 is 0 Å². The van der Waals surface area contributed by atoms with Crippen LogP contribution in [0.3, 0.4) is 0 Å². The Morgan fingerprint density at radius 3 is 2.63 bits per heavy atom. The van der Waals surface area contributed by atoms with Crippen molar-refractivity contribution in [3.05, 3.63) is 68.4 Å². The fraction of sp³-hybridized carbons (Fsp3) is 0.250. The van der Waals surface area contributed by atoms with Gasteiger partial charge in [-0.05, 0) is 56.7 Å². The molecule has 3 aromatic rings. The van der Waals surface area contributed by atoms with E-state index in [1.165, 1.54) is 11.3 Å². The van der Waals surface area contributed by atoms with Gasteiger partial charge in [0.15, 0.2) is 0 Å². The van der Waals surface area contributed by atoms with Crippen LogP contribution in [0.15, 0.2) is 35.7 Å². The summed E-state index contributed by atoms with van der Waals surface area (Å²) in [5.41, 5.74) is 4.25. The molecule has 7 heteroatoms. The van der Waals surface area contributed by atoms with E-state index in [1.54, 1.807) is 12.1 Å². The summed E-state index contributed by atoms with van der Waals surface area (Å²) in [5.74, 6) is 0.619. The van der Waals surface area contributed by atoms with E-state index in [-0.39, 0.29) is 12.3 Å². The number of anilines is 1. The first-order valence-electron chi connectivity index (χ1n) is 8.47. The van der Waals surface area contributed by atoms with Gasteiger partial charge >= 0.3 is 0 Å². The highest BCUT2D eigenvalue weighted by Gasteiger charge is 2.12. The molecule has 0 saturated carbocycles. The zero-order valence-corrected chi connectivity index (χ0v) is 16.9. The number of aromatic nitrogens is 2. The Morgan fingerprint density at radius 1 is 1.19 bits per heavy atom. The summed E-state index contributed by atoms with van der Waals surface area (Å²) in [6, 6.07) is 9.13. The Bertz CT molecular complexity index is 931. The van der Waals surface area contributed by atoms with Crippen molar-refractivity contribution in [2.24, 2.45) is 0 Å². The fourth-order valence-electron chi connectivity index (χ4n) is 2.73. The topological polar surface area (TPSA) is 64.1 Å². The normalized spacial score (nSPS) is 10.7. The number of carbonyl (C=O) groups is 1. The minimum Gasteiger partial charge on any atom is -0.486 e. The van der Waals surface area contributed by atoms with Gasteiger partial charge in [0, 0.05) is 16.1 Å². The molecule has 5 nitrogen and oxygen atoms in total. The predicted molar refractivity (Wildman–Crippen MR) is 109 cm³/mol. The highest BCUT2D eigenvalue weighted by Crippen LogP contribution is 2.21. The number of rotatable bonds is 6. The highest BCUT2D eigenvalue weighted by atomic mass is 35.5. The molecule has 27 heavy (non-hydrogen) atoms. The molecule has 1 N–H and O–H groups in total. The van der Waals surface area contributed by atoms with Crippen molar-refractivity contribution in [3.8, 4) is 5.75 Å². The number of thiazole rings is 1. The second kappa shape index (κ2) is 8.50. The first kappa shape index (κ1) is 19.3. The maximum Gasteiger partial charge on any atom is 0.230 e. The summed E-state index contributed by atoms with van der Waals surface area (Å²) in [6.07, 6.45) is 0.213. The number of aryl methyl sites for hydroxylation is 3. The quantitative estimate of drug-likeness (QED) is 0.639. The Kier molecular flexibility index (Phi) is 6.08. The molecule has 0 fully saturated rings. The molecule has 0 aliphatic rings. The first-order valence-corrected chi connectivity index (χ1v) is 9.73. The lowest BCUT2D eigenvalue weighted by atomic mass is 10.1. The van der Waals surface area contributed by atoms with Crippen molar-refractivity contribution in [1.82, 2.24) is 9.97 Å². The maximum atomic E-state index is 12.4. The van der Waals surface area contributed by atoms with Crippen LogP contribution in [0.4, 0.5) is 5.69 Å². The number of amides is 1. The van der Waals surface area contributed by atoms with Gasteiger partial charge in [-0.15, -0.1) is 11.3 Å². The van der Waals surface area contributed by atoms with E-state index in [9.17, 15) is 4.79 Å². The van der Waals surface area contributed by atoms with E-state index in [4.69, 9.17) is 16.3 Å². The highest BCUT2D eigenvalue weighted by molar-refractivity contribution is 7.09. The Labute approximate surface area is 167 Å². The lowest BCUT2D eigenvalue weighted by Gasteiger charge is -2.11. The second-order valence-corrected chi connectivity index (χ2v) is 7.62. The maximum absolute atomic E-state index is 12.4. The summed E-state index contributed by atoms with van der Waals surface area (Å²) in [4.78, 5) is 21.3. The zero-order chi connectivity index (χ0) is 19.4. The number of nitrogens with zero attached hydrogens (tertiary/aromatic N) is 2. The Morgan fingerprint density at radius 2 is 1.93 bits per heavy atom. The molecule has 0 aliphatic heterocycles. The monoisotopic (exact) mass is 401 g/mol. The minimum absolute atomic E-state index is 0.109. The molecule has 0 saturated heterocycles. The standard InChI is InChI=1S/C20H20ClN3O2S/c1-12-8-13(2)22-14(3)20(12)24-18(25)9-16-11-27-19(23-16)10-26-17-6-4-15(21)5-7-17/h4-8,11H,9-10H2,1-3H3,(H,24,25). The van der Waals surface area contributed by atoms with Crippen LogP contribution >= 0.6 is 22.9 Å². The Balaban J connectivity index is 1.57. The molecule has 1 amide bonds. The van der Waals surface area contributed by atoms with E-state index in [1.807, 2.05) is 44.4 Å². The predicted octanol–water partition coefficient (Wildman–Crippen LogP) is 4.88. The van der Waals surface area contributed by atoms with E-state index >= 15 is 0 Å². The number of benzene rings is 1. The van der Waals surface area contributed by atoms with Crippen LogP contribution in [0.2, 0.25) is 5.02 Å². The summed E-state index contributed by atoms with van der Waals surface area (Å²) < 4.78 is 5.68. The van der Waals surface area contributed by atoms with Crippen molar-refractivity contribution >= 4 is 34.5 Å². The van der Waals surface area contributed by atoms with Gasteiger partial charge in [-0.2, -0.15) is 0 Å². The molecule has 0 spiro atoms. The molecule has 0 bridgehead atoms.